The Kier molecular flexibility index (Phi) is 6.42. The van der Waals surface area contributed by atoms with Gasteiger partial charge in [0.05, 0.1) is 24.9 Å². The van der Waals surface area contributed by atoms with E-state index >= 15 is 0 Å². The first-order chi connectivity index (χ1) is 13.3. The van der Waals surface area contributed by atoms with Gasteiger partial charge in [-0.05, 0) is 57.6 Å². The minimum absolute atomic E-state index is 0.0478. The lowest BCUT2D eigenvalue weighted by Crippen LogP contribution is -2.42. The lowest BCUT2D eigenvalue weighted by molar-refractivity contribution is -0.0733. The zero-order valence-corrected chi connectivity index (χ0v) is 16.1. The molecule has 0 aliphatic carbocycles. The number of carbonyl (C=O) groups is 1. The molecular formula is C20H32N4O3. The van der Waals surface area contributed by atoms with Crippen LogP contribution in [0.5, 0.6) is 0 Å². The molecule has 27 heavy (non-hydrogen) atoms. The molecule has 3 saturated heterocycles. The highest BCUT2D eigenvalue weighted by molar-refractivity contribution is 5.92. The van der Waals surface area contributed by atoms with E-state index in [0.717, 1.165) is 64.9 Å². The van der Waals surface area contributed by atoms with Crippen LogP contribution in [0.1, 0.15) is 61.5 Å². The minimum Gasteiger partial charge on any atom is -0.376 e. The number of ether oxygens (including phenoxy) is 2. The maximum absolute atomic E-state index is 12.8. The van der Waals surface area contributed by atoms with Crippen LogP contribution in [0.2, 0.25) is 0 Å². The second-order valence-electron chi connectivity index (χ2n) is 7.99. The standard InChI is InChI=1S/C20H32N4O3/c25-20(19-8-12-24(22-19)16-4-3-9-21-14-16)23-10-6-17(7-11-23)27-15-18-5-1-2-13-26-18/h8,12,16-18,21H,1-7,9-11,13-15H2. The maximum Gasteiger partial charge on any atom is 0.274 e. The molecule has 0 radical (unpaired) electrons. The second kappa shape index (κ2) is 9.17. The van der Waals surface area contributed by atoms with Crippen molar-refractivity contribution in [2.45, 2.75) is 63.2 Å². The number of amides is 1. The largest absolute Gasteiger partial charge is 0.376 e. The number of nitrogens with one attached hydrogen (secondary N) is 1. The van der Waals surface area contributed by atoms with Gasteiger partial charge in [0.1, 0.15) is 5.69 Å². The van der Waals surface area contributed by atoms with E-state index in [-0.39, 0.29) is 18.1 Å². The Balaban J connectivity index is 1.23. The third kappa shape index (κ3) is 4.89. The van der Waals surface area contributed by atoms with Crippen molar-refractivity contribution in [1.29, 1.82) is 0 Å². The van der Waals surface area contributed by atoms with Crippen LogP contribution in [-0.4, -0.2) is 72.2 Å². The Morgan fingerprint density at radius 2 is 2.11 bits per heavy atom. The number of likely N-dealkylation sites (tertiary alicyclic amines) is 1. The van der Waals surface area contributed by atoms with Crippen LogP contribution >= 0.6 is 0 Å². The molecule has 2 unspecified atom stereocenters. The summed E-state index contributed by atoms with van der Waals surface area (Å²) in [6.45, 7) is 5.05. The molecule has 150 valence electrons. The number of aromatic nitrogens is 2. The van der Waals surface area contributed by atoms with Crippen LogP contribution in [0.4, 0.5) is 0 Å². The van der Waals surface area contributed by atoms with Gasteiger partial charge >= 0.3 is 0 Å². The number of hydrogen-bond acceptors (Lipinski definition) is 5. The Labute approximate surface area is 161 Å². The zero-order valence-electron chi connectivity index (χ0n) is 16.1. The number of carbonyl (C=O) groups excluding carboxylic acids is 1. The van der Waals surface area contributed by atoms with Gasteiger partial charge in [0.25, 0.3) is 5.91 Å². The summed E-state index contributed by atoms with van der Waals surface area (Å²) in [4.78, 5) is 14.7. The highest BCUT2D eigenvalue weighted by Crippen LogP contribution is 2.20. The number of rotatable bonds is 5. The molecule has 0 spiro atoms. The maximum atomic E-state index is 12.8. The molecule has 2 atom stereocenters. The molecule has 0 bridgehead atoms. The van der Waals surface area contributed by atoms with Gasteiger partial charge in [-0.1, -0.05) is 0 Å². The van der Waals surface area contributed by atoms with Crippen LogP contribution in [0.3, 0.4) is 0 Å². The quantitative estimate of drug-likeness (QED) is 0.851. The van der Waals surface area contributed by atoms with Gasteiger partial charge < -0.3 is 19.7 Å². The van der Waals surface area contributed by atoms with E-state index in [1.54, 1.807) is 0 Å². The van der Waals surface area contributed by atoms with E-state index in [2.05, 4.69) is 10.4 Å². The molecule has 3 aliphatic heterocycles. The molecule has 1 aromatic heterocycles. The monoisotopic (exact) mass is 376 g/mol. The predicted molar refractivity (Wildman–Crippen MR) is 102 cm³/mol. The Hall–Kier alpha value is -1.44. The number of hydrogen-bond donors (Lipinski definition) is 1. The molecule has 1 aromatic rings. The van der Waals surface area contributed by atoms with Crippen LogP contribution < -0.4 is 5.32 Å². The van der Waals surface area contributed by atoms with E-state index in [1.807, 2.05) is 21.8 Å². The Morgan fingerprint density at radius 1 is 1.22 bits per heavy atom. The summed E-state index contributed by atoms with van der Waals surface area (Å²) in [5, 5.41) is 7.96. The van der Waals surface area contributed by atoms with Gasteiger partial charge in [-0.15, -0.1) is 0 Å². The van der Waals surface area contributed by atoms with Gasteiger partial charge in [0, 0.05) is 32.4 Å². The third-order valence-corrected chi connectivity index (χ3v) is 5.99. The molecule has 4 heterocycles. The summed E-state index contributed by atoms with van der Waals surface area (Å²) in [7, 11) is 0. The summed E-state index contributed by atoms with van der Waals surface area (Å²) >= 11 is 0. The smallest absolute Gasteiger partial charge is 0.274 e. The van der Waals surface area contributed by atoms with Crippen LogP contribution in [0.25, 0.3) is 0 Å². The van der Waals surface area contributed by atoms with Gasteiger partial charge in [-0.3, -0.25) is 9.48 Å². The summed E-state index contributed by atoms with van der Waals surface area (Å²) in [5.74, 6) is 0.0478. The summed E-state index contributed by atoms with van der Waals surface area (Å²) in [5.41, 5.74) is 0.565. The SMILES string of the molecule is O=C(c1ccn(C2CCCNC2)n1)N1CCC(OCC2CCCCO2)CC1. The van der Waals surface area contributed by atoms with E-state index in [1.165, 1.54) is 12.8 Å². The average molecular weight is 377 g/mol. The molecular weight excluding hydrogens is 344 g/mol. The van der Waals surface area contributed by atoms with Gasteiger partial charge in [0.15, 0.2) is 0 Å². The molecule has 3 aliphatic rings. The first-order valence-electron chi connectivity index (χ1n) is 10.6. The first kappa shape index (κ1) is 18.9. The van der Waals surface area contributed by atoms with Gasteiger partial charge in [0.2, 0.25) is 0 Å². The molecule has 7 nitrogen and oxygen atoms in total. The van der Waals surface area contributed by atoms with E-state index < -0.39 is 0 Å². The summed E-state index contributed by atoms with van der Waals surface area (Å²) < 4.78 is 13.7. The second-order valence-corrected chi connectivity index (χ2v) is 7.99. The molecule has 1 amide bonds. The van der Waals surface area contributed by atoms with Crippen molar-refractivity contribution in [1.82, 2.24) is 20.0 Å². The normalized spacial score (nSPS) is 27.6. The van der Waals surface area contributed by atoms with Crippen molar-refractivity contribution in [2.75, 3.05) is 39.4 Å². The van der Waals surface area contributed by atoms with Crippen LogP contribution in [0.15, 0.2) is 12.3 Å². The van der Waals surface area contributed by atoms with E-state index in [4.69, 9.17) is 9.47 Å². The van der Waals surface area contributed by atoms with Gasteiger partial charge in [-0.25, -0.2) is 0 Å². The highest BCUT2D eigenvalue weighted by Gasteiger charge is 2.27. The fraction of sp³-hybridized carbons (Fsp3) is 0.800. The summed E-state index contributed by atoms with van der Waals surface area (Å²) in [6.07, 6.45) is 10.0. The van der Waals surface area contributed by atoms with Crippen molar-refractivity contribution in [3.8, 4) is 0 Å². The van der Waals surface area contributed by atoms with Crippen LogP contribution in [0, 0.1) is 0 Å². The summed E-state index contributed by atoms with van der Waals surface area (Å²) in [6, 6.07) is 2.22. The lowest BCUT2D eigenvalue weighted by atomic mass is 10.1. The van der Waals surface area contributed by atoms with E-state index in [9.17, 15) is 4.79 Å². The fourth-order valence-corrected chi connectivity index (χ4v) is 4.28. The van der Waals surface area contributed by atoms with Crippen molar-refractivity contribution in [3.05, 3.63) is 18.0 Å². The third-order valence-electron chi connectivity index (χ3n) is 5.99. The van der Waals surface area contributed by atoms with Crippen molar-refractivity contribution >= 4 is 5.91 Å². The average Bonchev–Trinajstić information content (AvgIpc) is 3.24. The number of piperidine rings is 2. The van der Waals surface area contributed by atoms with Crippen molar-refractivity contribution < 1.29 is 14.3 Å². The Bertz CT molecular complexity index is 600. The number of nitrogens with zero attached hydrogens (tertiary/aromatic N) is 3. The molecule has 7 heteroatoms. The molecule has 1 N–H and O–H groups in total. The van der Waals surface area contributed by atoms with Crippen molar-refractivity contribution in [3.63, 3.8) is 0 Å². The minimum atomic E-state index is 0.0478. The molecule has 4 rings (SSSR count). The lowest BCUT2D eigenvalue weighted by Gasteiger charge is -2.32. The Morgan fingerprint density at radius 3 is 2.85 bits per heavy atom. The molecule has 0 saturated carbocycles. The predicted octanol–water partition coefficient (Wildman–Crippen LogP) is 2.00. The first-order valence-corrected chi connectivity index (χ1v) is 10.6. The zero-order chi connectivity index (χ0) is 18.5. The van der Waals surface area contributed by atoms with Crippen molar-refractivity contribution in [2.24, 2.45) is 0 Å². The van der Waals surface area contributed by atoms with Crippen LogP contribution in [-0.2, 0) is 9.47 Å². The van der Waals surface area contributed by atoms with Gasteiger partial charge in [-0.2, -0.15) is 5.10 Å². The molecule has 0 aromatic carbocycles. The highest BCUT2D eigenvalue weighted by atomic mass is 16.5. The topological polar surface area (TPSA) is 68.6 Å². The molecule has 3 fully saturated rings. The van der Waals surface area contributed by atoms with E-state index in [0.29, 0.717) is 18.3 Å². The fourth-order valence-electron chi connectivity index (χ4n) is 4.28.